The highest BCUT2D eigenvalue weighted by atomic mass is 16.5. The second kappa shape index (κ2) is 10.1. The van der Waals surface area contributed by atoms with Gasteiger partial charge in [0, 0.05) is 12.8 Å². The molecular weight excluding hydrogens is 334 g/mol. The van der Waals surface area contributed by atoms with Crippen molar-refractivity contribution in [3.05, 3.63) is 60.2 Å². The number of benzene rings is 2. The van der Waals surface area contributed by atoms with E-state index in [1.54, 1.807) is 31.4 Å². The van der Waals surface area contributed by atoms with Crippen LogP contribution >= 0.6 is 0 Å². The van der Waals surface area contributed by atoms with Crippen LogP contribution in [-0.2, 0) is 16.0 Å². The lowest BCUT2D eigenvalue weighted by Gasteiger charge is -2.14. The van der Waals surface area contributed by atoms with Gasteiger partial charge >= 0.3 is 5.97 Å². The molecule has 2 N–H and O–H groups in total. The van der Waals surface area contributed by atoms with Crippen LogP contribution in [0.2, 0.25) is 0 Å². The maximum Gasteiger partial charge on any atom is 0.326 e. The Balaban J connectivity index is 1.72. The largest absolute Gasteiger partial charge is 0.497 e. The van der Waals surface area contributed by atoms with Crippen molar-refractivity contribution in [2.24, 2.45) is 0 Å². The normalized spacial score (nSPS) is 11.4. The minimum Gasteiger partial charge on any atom is -0.497 e. The van der Waals surface area contributed by atoms with E-state index in [0.29, 0.717) is 18.8 Å². The molecule has 0 unspecified atom stereocenters. The van der Waals surface area contributed by atoms with Gasteiger partial charge in [-0.2, -0.15) is 0 Å². The summed E-state index contributed by atoms with van der Waals surface area (Å²) in [5, 5.41) is 11.9. The van der Waals surface area contributed by atoms with Gasteiger partial charge < -0.3 is 19.9 Å². The van der Waals surface area contributed by atoms with Crippen molar-refractivity contribution in [2.45, 2.75) is 25.3 Å². The molecule has 0 aliphatic rings. The van der Waals surface area contributed by atoms with Gasteiger partial charge in [-0.15, -0.1) is 0 Å². The fourth-order valence-corrected chi connectivity index (χ4v) is 2.41. The molecule has 1 amide bonds. The highest BCUT2D eigenvalue weighted by Crippen LogP contribution is 2.17. The van der Waals surface area contributed by atoms with E-state index >= 15 is 0 Å². The molecule has 2 aromatic carbocycles. The van der Waals surface area contributed by atoms with Crippen molar-refractivity contribution in [1.82, 2.24) is 5.32 Å². The number of methoxy groups -OCH3 is 1. The molecule has 0 spiro atoms. The summed E-state index contributed by atoms with van der Waals surface area (Å²) in [5.41, 5.74) is 0.864. The quantitative estimate of drug-likeness (QED) is 0.639. The molecule has 138 valence electrons. The number of carboxylic acids is 1. The molecule has 26 heavy (non-hydrogen) atoms. The number of carbonyl (C=O) groups is 2. The first-order valence-corrected chi connectivity index (χ1v) is 8.41. The summed E-state index contributed by atoms with van der Waals surface area (Å²) in [7, 11) is 1.59. The van der Waals surface area contributed by atoms with Crippen molar-refractivity contribution in [3.63, 3.8) is 0 Å². The zero-order chi connectivity index (χ0) is 18.8. The van der Waals surface area contributed by atoms with Crippen molar-refractivity contribution in [3.8, 4) is 11.5 Å². The van der Waals surface area contributed by atoms with Gasteiger partial charge in [0.1, 0.15) is 17.5 Å². The summed E-state index contributed by atoms with van der Waals surface area (Å²) in [6.07, 6.45) is 0.953. The highest BCUT2D eigenvalue weighted by Gasteiger charge is 2.20. The zero-order valence-electron chi connectivity index (χ0n) is 14.7. The topological polar surface area (TPSA) is 84.9 Å². The van der Waals surface area contributed by atoms with Crippen LogP contribution < -0.4 is 14.8 Å². The average molecular weight is 357 g/mol. The van der Waals surface area contributed by atoms with E-state index in [2.05, 4.69) is 5.32 Å². The van der Waals surface area contributed by atoms with Crippen molar-refractivity contribution in [1.29, 1.82) is 0 Å². The lowest BCUT2D eigenvalue weighted by molar-refractivity contribution is -0.141. The van der Waals surface area contributed by atoms with Gasteiger partial charge in [0.2, 0.25) is 5.91 Å². The van der Waals surface area contributed by atoms with E-state index in [0.717, 1.165) is 11.3 Å². The van der Waals surface area contributed by atoms with Gasteiger partial charge in [-0.1, -0.05) is 30.3 Å². The Kier molecular flexibility index (Phi) is 7.49. The van der Waals surface area contributed by atoms with E-state index < -0.39 is 12.0 Å². The molecule has 2 rings (SSSR count). The van der Waals surface area contributed by atoms with Crippen molar-refractivity contribution in [2.75, 3.05) is 13.7 Å². The molecule has 0 radical (unpaired) electrons. The van der Waals surface area contributed by atoms with Gasteiger partial charge in [-0.05, 0) is 36.2 Å². The number of hydrogen-bond acceptors (Lipinski definition) is 4. The molecule has 0 bridgehead atoms. The smallest absolute Gasteiger partial charge is 0.326 e. The first-order valence-electron chi connectivity index (χ1n) is 8.41. The van der Waals surface area contributed by atoms with Gasteiger partial charge in [-0.3, -0.25) is 4.79 Å². The predicted molar refractivity (Wildman–Crippen MR) is 97.4 cm³/mol. The van der Waals surface area contributed by atoms with Crippen LogP contribution in [0.1, 0.15) is 18.4 Å². The lowest BCUT2D eigenvalue weighted by atomic mass is 10.1. The third-order valence-electron chi connectivity index (χ3n) is 3.79. The Hall–Kier alpha value is -3.02. The van der Waals surface area contributed by atoms with Crippen LogP contribution in [0, 0.1) is 0 Å². The second-order valence-corrected chi connectivity index (χ2v) is 5.78. The number of rotatable bonds is 10. The SMILES string of the molecule is COc1ccc(OCCCC(=O)N[C@@H](Cc2ccccc2)C(=O)O)cc1. The van der Waals surface area contributed by atoms with Crippen LogP contribution in [0.3, 0.4) is 0 Å². The molecule has 0 heterocycles. The number of carbonyl (C=O) groups excluding carboxylic acids is 1. The van der Waals surface area contributed by atoms with Crippen LogP contribution in [0.15, 0.2) is 54.6 Å². The number of nitrogens with one attached hydrogen (secondary N) is 1. The third kappa shape index (κ3) is 6.47. The molecular formula is C20H23NO5. The predicted octanol–water partition coefficient (Wildman–Crippen LogP) is 2.67. The number of aliphatic carboxylic acids is 1. The minimum atomic E-state index is -1.04. The molecule has 0 aromatic heterocycles. The van der Waals surface area contributed by atoms with Crippen LogP contribution in [0.25, 0.3) is 0 Å². The fourth-order valence-electron chi connectivity index (χ4n) is 2.41. The average Bonchev–Trinajstić information content (AvgIpc) is 2.66. The summed E-state index contributed by atoms with van der Waals surface area (Å²) >= 11 is 0. The minimum absolute atomic E-state index is 0.203. The first kappa shape index (κ1) is 19.3. The maximum atomic E-state index is 12.0. The maximum absolute atomic E-state index is 12.0. The number of amides is 1. The molecule has 0 aliphatic carbocycles. The molecule has 0 saturated carbocycles. The summed E-state index contributed by atoms with van der Waals surface area (Å²) in [6.45, 7) is 0.371. The molecule has 6 nitrogen and oxygen atoms in total. The lowest BCUT2D eigenvalue weighted by Crippen LogP contribution is -2.42. The zero-order valence-corrected chi connectivity index (χ0v) is 14.7. The van der Waals surface area contributed by atoms with E-state index in [1.807, 2.05) is 30.3 Å². The summed E-state index contributed by atoms with van der Waals surface area (Å²) in [6, 6.07) is 15.5. The van der Waals surface area contributed by atoms with Gasteiger partial charge in [0.15, 0.2) is 0 Å². The molecule has 0 fully saturated rings. The second-order valence-electron chi connectivity index (χ2n) is 5.78. The van der Waals surface area contributed by atoms with E-state index in [-0.39, 0.29) is 18.7 Å². The third-order valence-corrected chi connectivity index (χ3v) is 3.79. The standard InChI is InChI=1S/C20H23NO5/c1-25-16-9-11-17(12-10-16)26-13-5-8-19(22)21-18(20(23)24)14-15-6-3-2-4-7-15/h2-4,6-7,9-12,18H,5,8,13-14H2,1H3,(H,21,22)(H,23,24)/t18-/m0/s1. The van der Waals surface area contributed by atoms with Crippen LogP contribution in [0.5, 0.6) is 11.5 Å². The molecule has 0 aliphatic heterocycles. The molecule has 2 aromatic rings. The van der Waals surface area contributed by atoms with Gasteiger partial charge in [0.05, 0.1) is 13.7 Å². The van der Waals surface area contributed by atoms with Crippen molar-refractivity contribution >= 4 is 11.9 Å². The summed E-state index contributed by atoms with van der Waals surface area (Å²) in [5.74, 6) is 0.0944. The Morgan fingerprint density at radius 3 is 2.31 bits per heavy atom. The monoisotopic (exact) mass is 357 g/mol. The van der Waals surface area contributed by atoms with Crippen LogP contribution in [-0.4, -0.2) is 36.7 Å². The molecule has 1 atom stereocenters. The number of ether oxygens (including phenoxy) is 2. The fraction of sp³-hybridized carbons (Fsp3) is 0.300. The number of hydrogen-bond donors (Lipinski definition) is 2. The summed E-state index contributed by atoms with van der Waals surface area (Å²) in [4.78, 5) is 23.4. The van der Waals surface area contributed by atoms with Gasteiger partial charge in [0.25, 0.3) is 0 Å². The van der Waals surface area contributed by atoms with E-state index in [9.17, 15) is 14.7 Å². The Bertz CT molecular complexity index is 700. The van der Waals surface area contributed by atoms with Crippen molar-refractivity contribution < 1.29 is 24.2 Å². The molecule has 6 heteroatoms. The first-order chi connectivity index (χ1) is 12.6. The Labute approximate surface area is 152 Å². The summed E-state index contributed by atoms with van der Waals surface area (Å²) < 4.78 is 10.6. The highest BCUT2D eigenvalue weighted by molar-refractivity contribution is 5.83. The Morgan fingerprint density at radius 2 is 1.69 bits per heavy atom. The molecule has 0 saturated heterocycles. The van der Waals surface area contributed by atoms with E-state index in [1.165, 1.54) is 0 Å². The van der Waals surface area contributed by atoms with E-state index in [4.69, 9.17) is 9.47 Å². The number of carboxylic acid groups (broad SMARTS) is 1. The van der Waals surface area contributed by atoms with Crippen LogP contribution in [0.4, 0.5) is 0 Å². The van der Waals surface area contributed by atoms with Gasteiger partial charge in [-0.25, -0.2) is 4.79 Å². The Morgan fingerprint density at radius 1 is 1.04 bits per heavy atom.